The number of pyridine rings is 1. The van der Waals surface area contributed by atoms with E-state index in [9.17, 15) is 0 Å². The number of methoxy groups -OCH3 is 1. The van der Waals surface area contributed by atoms with Crippen molar-refractivity contribution in [3.63, 3.8) is 0 Å². The fourth-order valence-electron chi connectivity index (χ4n) is 4.11. The molecule has 3 aromatic rings. The number of aromatic nitrogens is 2. The van der Waals surface area contributed by atoms with Gasteiger partial charge in [0.25, 0.3) is 0 Å². The van der Waals surface area contributed by atoms with Crippen LogP contribution in [0.3, 0.4) is 0 Å². The minimum absolute atomic E-state index is 0.233. The first kappa shape index (κ1) is 19.0. The molecule has 4 heterocycles. The lowest BCUT2D eigenvalue weighted by Crippen LogP contribution is -2.43. The molecule has 8 heteroatoms. The molecule has 2 aromatic heterocycles. The van der Waals surface area contributed by atoms with Gasteiger partial charge in [0, 0.05) is 55.9 Å². The van der Waals surface area contributed by atoms with Crippen molar-refractivity contribution in [3.05, 3.63) is 65.6 Å². The maximum absolute atomic E-state index is 6.68. The van der Waals surface area contributed by atoms with E-state index in [1.165, 1.54) is 0 Å². The fourth-order valence-corrected chi connectivity index (χ4v) is 4.39. The van der Waals surface area contributed by atoms with E-state index in [0.717, 1.165) is 54.4 Å². The zero-order valence-corrected chi connectivity index (χ0v) is 17.5. The average Bonchev–Trinajstić information content (AvgIpc) is 3.23. The Labute approximate surface area is 180 Å². The molecule has 5 rings (SSSR count). The van der Waals surface area contributed by atoms with Gasteiger partial charge in [-0.3, -0.25) is 0 Å². The number of benzene rings is 1. The number of ether oxygens (including phenoxy) is 1. The van der Waals surface area contributed by atoms with E-state index in [0.29, 0.717) is 5.03 Å². The van der Waals surface area contributed by atoms with Gasteiger partial charge >= 0.3 is 0 Å². The standard InChI is InChI=1S/C22H23ClN6O/c1-30-21-12-16(27-10-7-24-8-11-27)5-6-20(21)28-15-25-14-18(23)22(28)17-13-26-29-9-3-2-4-19(17)29/h2-6,9,12-15,22,24H,7-8,10-11H2,1H3. The summed E-state index contributed by atoms with van der Waals surface area (Å²) in [5.74, 6) is 0.783. The van der Waals surface area contributed by atoms with E-state index in [2.05, 4.69) is 38.5 Å². The molecule has 0 radical (unpaired) electrons. The van der Waals surface area contributed by atoms with E-state index >= 15 is 0 Å². The number of halogens is 1. The molecule has 2 aliphatic heterocycles. The third-order valence-electron chi connectivity index (χ3n) is 5.60. The molecule has 1 unspecified atom stereocenters. The zero-order chi connectivity index (χ0) is 20.5. The first-order chi connectivity index (χ1) is 14.8. The molecule has 1 N–H and O–H groups in total. The first-order valence-electron chi connectivity index (χ1n) is 9.99. The molecular weight excluding hydrogens is 400 g/mol. The summed E-state index contributed by atoms with van der Waals surface area (Å²) >= 11 is 6.68. The summed E-state index contributed by atoms with van der Waals surface area (Å²) in [4.78, 5) is 8.76. The molecule has 1 saturated heterocycles. The highest BCUT2D eigenvalue weighted by Gasteiger charge is 2.30. The van der Waals surface area contributed by atoms with Crippen LogP contribution in [-0.4, -0.2) is 49.2 Å². The fraction of sp³-hybridized carbons (Fsp3) is 0.273. The van der Waals surface area contributed by atoms with E-state index in [1.54, 1.807) is 19.6 Å². The van der Waals surface area contributed by atoms with Gasteiger partial charge in [0.05, 0.1) is 35.9 Å². The minimum atomic E-state index is -0.233. The second-order valence-electron chi connectivity index (χ2n) is 7.31. The van der Waals surface area contributed by atoms with Crippen LogP contribution in [0.15, 0.2) is 65.0 Å². The van der Waals surface area contributed by atoms with Gasteiger partial charge in [0.2, 0.25) is 0 Å². The number of piperazine rings is 1. The number of aliphatic imine (C=N–C) groups is 1. The molecule has 0 bridgehead atoms. The third kappa shape index (κ3) is 3.30. The van der Waals surface area contributed by atoms with Gasteiger partial charge in [0.1, 0.15) is 11.8 Å². The van der Waals surface area contributed by atoms with Crippen molar-refractivity contribution in [2.75, 3.05) is 43.1 Å². The van der Waals surface area contributed by atoms with E-state index < -0.39 is 0 Å². The van der Waals surface area contributed by atoms with Crippen LogP contribution in [0.5, 0.6) is 5.75 Å². The molecular formula is C22H23ClN6O. The molecule has 0 aliphatic carbocycles. The monoisotopic (exact) mass is 422 g/mol. The largest absolute Gasteiger partial charge is 0.494 e. The summed E-state index contributed by atoms with van der Waals surface area (Å²) < 4.78 is 7.64. The maximum Gasteiger partial charge on any atom is 0.144 e. The summed E-state index contributed by atoms with van der Waals surface area (Å²) in [7, 11) is 1.70. The van der Waals surface area contributed by atoms with Gasteiger partial charge in [-0.15, -0.1) is 0 Å². The van der Waals surface area contributed by atoms with Crippen molar-refractivity contribution in [1.29, 1.82) is 0 Å². The quantitative estimate of drug-likeness (QED) is 0.698. The van der Waals surface area contributed by atoms with Crippen molar-refractivity contribution < 1.29 is 4.74 Å². The second kappa shape index (κ2) is 8.01. The van der Waals surface area contributed by atoms with E-state index in [1.807, 2.05) is 40.0 Å². The Morgan fingerprint density at radius 3 is 2.87 bits per heavy atom. The number of hydrogen-bond acceptors (Lipinski definition) is 6. The van der Waals surface area contributed by atoms with Gasteiger partial charge in [-0.05, 0) is 24.3 Å². The van der Waals surface area contributed by atoms with Crippen LogP contribution in [-0.2, 0) is 0 Å². The number of anilines is 2. The Bertz CT molecular complexity index is 1120. The Hall–Kier alpha value is -3.03. The zero-order valence-electron chi connectivity index (χ0n) is 16.7. The van der Waals surface area contributed by atoms with Gasteiger partial charge < -0.3 is 19.9 Å². The van der Waals surface area contributed by atoms with Crippen molar-refractivity contribution >= 4 is 34.8 Å². The Balaban J connectivity index is 1.56. The van der Waals surface area contributed by atoms with Crippen molar-refractivity contribution in [3.8, 4) is 5.75 Å². The summed E-state index contributed by atoms with van der Waals surface area (Å²) in [6.07, 6.45) is 7.28. The van der Waals surface area contributed by atoms with Crippen LogP contribution in [0.2, 0.25) is 0 Å². The average molecular weight is 423 g/mol. The lowest BCUT2D eigenvalue weighted by atomic mass is 10.0. The summed E-state index contributed by atoms with van der Waals surface area (Å²) in [6.45, 7) is 3.93. The molecule has 0 spiro atoms. The molecule has 1 aromatic carbocycles. The van der Waals surface area contributed by atoms with E-state index in [4.69, 9.17) is 16.3 Å². The van der Waals surface area contributed by atoms with Gasteiger partial charge in [-0.2, -0.15) is 5.10 Å². The lowest BCUT2D eigenvalue weighted by Gasteiger charge is -2.34. The Morgan fingerprint density at radius 1 is 1.17 bits per heavy atom. The Morgan fingerprint density at radius 2 is 2.03 bits per heavy atom. The molecule has 154 valence electrons. The van der Waals surface area contributed by atoms with Crippen LogP contribution in [0.4, 0.5) is 11.4 Å². The number of nitrogens with zero attached hydrogens (tertiary/aromatic N) is 5. The minimum Gasteiger partial charge on any atom is -0.494 e. The lowest BCUT2D eigenvalue weighted by molar-refractivity contribution is 0.415. The predicted octanol–water partition coefficient (Wildman–Crippen LogP) is 3.42. The number of fused-ring (bicyclic) bond motifs is 1. The van der Waals surface area contributed by atoms with Crippen LogP contribution in [0.25, 0.3) is 5.52 Å². The van der Waals surface area contributed by atoms with Crippen LogP contribution >= 0.6 is 11.6 Å². The van der Waals surface area contributed by atoms with Gasteiger partial charge in [-0.1, -0.05) is 17.7 Å². The second-order valence-corrected chi connectivity index (χ2v) is 7.75. The normalized spacial score (nSPS) is 19.3. The highest BCUT2D eigenvalue weighted by molar-refractivity contribution is 6.31. The maximum atomic E-state index is 6.68. The highest BCUT2D eigenvalue weighted by atomic mass is 35.5. The Kier molecular flexibility index (Phi) is 5.06. The smallest absolute Gasteiger partial charge is 0.144 e. The molecule has 1 atom stereocenters. The molecule has 0 amide bonds. The van der Waals surface area contributed by atoms with Gasteiger partial charge in [-0.25, -0.2) is 9.51 Å². The predicted molar refractivity (Wildman–Crippen MR) is 121 cm³/mol. The topological polar surface area (TPSA) is 57.4 Å². The summed E-state index contributed by atoms with van der Waals surface area (Å²) in [5, 5.41) is 8.51. The van der Waals surface area contributed by atoms with Crippen molar-refractivity contribution in [1.82, 2.24) is 14.9 Å². The van der Waals surface area contributed by atoms with Crippen molar-refractivity contribution in [2.45, 2.75) is 6.04 Å². The molecule has 2 aliphatic rings. The summed E-state index contributed by atoms with van der Waals surface area (Å²) in [5.41, 5.74) is 4.08. The van der Waals surface area contributed by atoms with Gasteiger partial charge in [0.15, 0.2) is 0 Å². The molecule has 0 saturated carbocycles. The van der Waals surface area contributed by atoms with Crippen LogP contribution in [0.1, 0.15) is 11.6 Å². The number of rotatable bonds is 4. The number of hydrogen-bond donors (Lipinski definition) is 1. The first-order valence-corrected chi connectivity index (χ1v) is 10.4. The molecule has 30 heavy (non-hydrogen) atoms. The van der Waals surface area contributed by atoms with E-state index in [-0.39, 0.29) is 6.04 Å². The van der Waals surface area contributed by atoms with Crippen molar-refractivity contribution in [2.24, 2.45) is 4.99 Å². The highest BCUT2D eigenvalue weighted by Crippen LogP contribution is 2.42. The molecule has 7 nitrogen and oxygen atoms in total. The third-order valence-corrected chi connectivity index (χ3v) is 5.91. The van der Waals surface area contributed by atoms with Crippen LogP contribution in [0, 0.1) is 0 Å². The molecule has 1 fully saturated rings. The SMILES string of the molecule is COc1cc(N2CCNCC2)ccc1N1C=NC=C(Cl)C1c1cnn2ccccc12. The number of nitrogens with one attached hydrogen (secondary N) is 1. The summed E-state index contributed by atoms with van der Waals surface area (Å²) in [6, 6.07) is 12.1. The van der Waals surface area contributed by atoms with Crippen LogP contribution < -0.4 is 19.9 Å².